The molecule has 4 nitrogen and oxygen atoms in total. The lowest BCUT2D eigenvalue weighted by Gasteiger charge is -2.27. The molecule has 0 aromatic carbocycles. The minimum Gasteiger partial charge on any atom is -0.340 e. The topological polar surface area (TPSA) is 51.0 Å². The van der Waals surface area contributed by atoms with Gasteiger partial charge < -0.3 is 9.84 Å². The predicted octanol–water partition coefficient (Wildman–Crippen LogP) is 3.15. The first kappa shape index (κ1) is 12.2. The molecule has 2 aromatic heterocycles. The van der Waals surface area contributed by atoms with E-state index in [4.69, 9.17) is 4.52 Å². The van der Waals surface area contributed by atoms with Crippen LogP contribution in [0.25, 0.3) is 0 Å². The van der Waals surface area contributed by atoms with Crippen molar-refractivity contribution >= 4 is 23.1 Å². The molecule has 0 spiro atoms. The molecule has 0 saturated carbocycles. The zero-order chi connectivity index (χ0) is 12.5. The molecule has 1 N–H and O–H groups in total. The van der Waals surface area contributed by atoms with Crippen molar-refractivity contribution < 1.29 is 4.52 Å². The summed E-state index contributed by atoms with van der Waals surface area (Å²) in [6.45, 7) is 4.75. The normalized spacial score (nSPS) is 23.0. The molecule has 1 aliphatic rings. The first-order chi connectivity index (χ1) is 8.72. The molecule has 0 saturated heterocycles. The van der Waals surface area contributed by atoms with Crippen molar-refractivity contribution in [2.45, 2.75) is 42.3 Å². The van der Waals surface area contributed by atoms with Gasteiger partial charge in [-0.25, -0.2) is 0 Å². The Bertz CT molecular complexity index is 537. The fourth-order valence-electron chi connectivity index (χ4n) is 2.17. The molecule has 0 fully saturated rings. The average molecular weight is 281 g/mol. The molecule has 0 radical (unpaired) electrons. The highest BCUT2D eigenvalue weighted by molar-refractivity contribution is 8.01. The highest BCUT2D eigenvalue weighted by atomic mass is 32.2. The summed E-state index contributed by atoms with van der Waals surface area (Å²) >= 11 is 3.81. The number of aromatic nitrogens is 2. The summed E-state index contributed by atoms with van der Waals surface area (Å²) < 4.78 is 6.42. The van der Waals surface area contributed by atoms with Gasteiger partial charge in [-0.1, -0.05) is 12.1 Å². The maximum absolute atomic E-state index is 4.98. The average Bonchev–Trinajstić information content (AvgIpc) is 2.94. The second kappa shape index (κ2) is 5.03. The molecule has 2 atom stereocenters. The fraction of sp³-hybridized carbons (Fsp3) is 0.500. The van der Waals surface area contributed by atoms with Gasteiger partial charge in [0, 0.05) is 18.2 Å². The van der Waals surface area contributed by atoms with Gasteiger partial charge in [0.15, 0.2) is 5.82 Å². The van der Waals surface area contributed by atoms with Crippen molar-refractivity contribution in [1.82, 2.24) is 15.5 Å². The number of thioether (sulfide) groups is 1. The van der Waals surface area contributed by atoms with Crippen LogP contribution in [0.5, 0.6) is 0 Å². The second-order valence-corrected chi connectivity index (χ2v) is 7.11. The number of fused-ring (bicyclic) bond motifs is 1. The summed E-state index contributed by atoms with van der Waals surface area (Å²) in [7, 11) is 0. The van der Waals surface area contributed by atoms with Gasteiger partial charge in [0.25, 0.3) is 0 Å². The predicted molar refractivity (Wildman–Crippen MR) is 72.9 cm³/mol. The van der Waals surface area contributed by atoms with E-state index in [1.807, 2.05) is 30.0 Å². The highest BCUT2D eigenvalue weighted by Gasteiger charge is 2.26. The van der Waals surface area contributed by atoms with Crippen molar-refractivity contribution in [3.8, 4) is 0 Å². The Kier molecular flexibility index (Phi) is 3.41. The summed E-state index contributed by atoms with van der Waals surface area (Å²) in [5.41, 5.74) is 1.42. The highest BCUT2D eigenvalue weighted by Crippen LogP contribution is 2.43. The van der Waals surface area contributed by atoms with Crippen LogP contribution in [0.1, 0.15) is 36.7 Å². The minimum absolute atomic E-state index is 0.404. The fourth-order valence-corrected chi connectivity index (χ4v) is 4.74. The van der Waals surface area contributed by atoms with E-state index < -0.39 is 0 Å². The number of thiophene rings is 1. The zero-order valence-corrected chi connectivity index (χ0v) is 12.0. The van der Waals surface area contributed by atoms with Crippen molar-refractivity contribution in [2.75, 3.05) is 0 Å². The summed E-state index contributed by atoms with van der Waals surface area (Å²) in [5, 5.41) is 10.3. The monoisotopic (exact) mass is 281 g/mol. The van der Waals surface area contributed by atoms with Crippen molar-refractivity contribution in [3.63, 3.8) is 0 Å². The lowest BCUT2D eigenvalue weighted by atomic mass is 10.1. The van der Waals surface area contributed by atoms with Crippen LogP contribution < -0.4 is 5.32 Å². The zero-order valence-electron chi connectivity index (χ0n) is 10.3. The van der Waals surface area contributed by atoms with Gasteiger partial charge in [-0.15, -0.1) is 23.1 Å². The van der Waals surface area contributed by atoms with E-state index in [1.165, 1.54) is 9.77 Å². The number of aryl methyl sites for hydroxylation is 1. The first-order valence-electron chi connectivity index (χ1n) is 5.99. The summed E-state index contributed by atoms with van der Waals surface area (Å²) in [4.78, 5) is 4.21. The first-order valence-corrected chi connectivity index (χ1v) is 7.75. The lowest BCUT2D eigenvalue weighted by Crippen LogP contribution is -2.26. The smallest absolute Gasteiger partial charge is 0.223 e. The van der Waals surface area contributed by atoms with Crippen molar-refractivity contribution in [3.05, 3.63) is 28.7 Å². The Hall–Kier alpha value is -0.850. The third kappa shape index (κ3) is 2.46. The largest absolute Gasteiger partial charge is 0.340 e. The molecule has 1 aliphatic heterocycles. The van der Waals surface area contributed by atoms with Crippen molar-refractivity contribution in [2.24, 2.45) is 0 Å². The van der Waals surface area contributed by atoms with E-state index in [2.05, 4.69) is 33.8 Å². The third-order valence-corrected chi connectivity index (χ3v) is 5.33. The number of nitrogens with zero attached hydrogens (tertiary/aromatic N) is 2. The van der Waals surface area contributed by atoms with E-state index >= 15 is 0 Å². The minimum atomic E-state index is 0.404. The molecule has 2 aromatic rings. The van der Waals surface area contributed by atoms with Gasteiger partial charge in [-0.05, 0) is 23.4 Å². The standard InChI is InChI=1S/C12H15N3OS2/c1-7-5-10(9-3-4-17-12(9)18-7)13-6-11-14-8(2)16-15-11/h3-4,7,10,13H,5-6H2,1-2H3/t7-,10?/m0/s1. The molecule has 1 unspecified atom stereocenters. The van der Waals surface area contributed by atoms with E-state index in [0.29, 0.717) is 23.7 Å². The Labute approximate surface area is 114 Å². The summed E-state index contributed by atoms with van der Waals surface area (Å²) in [6, 6.07) is 2.62. The summed E-state index contributed by atoms with van der Waals surface area (Å²) in [5.74, 6) is 1.35. The molecule has 96 valence electrons. The number of hydrogen-bond acceptors (Lipinski definition) is 6. The maximum Gasteiger partial charge on any atom is 0.223 e. The molecule has 6 heteroatoms. The molecular weight excluding hydrogens is 266 g/mol. The SMILES string of the molecule is Cc1nc(CNC2C[C@H](C)Sc3sccc32)no1. The quantitative estimate of drug-likeness (QED) is 0.936. The van der Waals surface area contributed by atoms with Gasteiger partial charge in [0.05, 0.1) is 10.8 Å². The maximum atomic E-state index is 4.98. The van der Waals surface area contributed by atoms with Crippen LogP contribution >= 0.6 is 23.1 Å². The van der Waals surface area contributed by atoms with E-state index in [0.717, 1.165) is 12.2 Å². The van der Waals surface area contributed by atoms with Crippen LogP contribution in [0.15, 0.2) is 20.2 Å². The molecule has 0 bridgehead atoms. The van der Waals surface area contributed by atoms with Crippen LogP contribution in [0.3, 0.4) is 0 Å². The Balaban J connectivity index is 1.70. The molecule has 3 rings (SSSR count). The Morgan fingerprint density at radius 2 is 2.44 bits per heavy atom. The lowest BCUT2D eigenvalue weighted by molar-refractivity contribution is 0.382. The van der Waals surface area contributed by atoms with Gasteiger partial charge in [0.2, 0.25) is 5.89 Å². The van der Waals surface area contributed by atoms with Gasteiger partial charge in [0.1, 0.15) is 0 Å². The summed E-state index contributed by atoms with van der Waals surface area (Å²) in [6.07, 6.45) is 1.14. The van der Waals surface area contributed by atoms with Crippen LogP contribution in [-0.2, 0) is 6.54 Å². The molecule has 3 heterocycles. The van der Waals surface area contributed by atoms with E-state index in [9.17, 15) is 0 Å². The number of hydrogen-bond donors (Lipinski definition) is 1. The van der Waals surface area contributed by atoms with Crippen molar-refractivity contribution in [1.29, 1.82) is 0 Å². The van der Waals surface area contributed by atoms with Crippen LogP contribution in [0.4, 0.5) is 0 Å². The van der Waals surface area contributed by atoms with Gasteiger partial charge in [-0.2, -0.15) is 4.98 Å². The van der Waals surface area contributed by atoms with E-state index in [1.54, 1.807) is 0 Å². The van der Waals surface area contributed by atoms with Gasteiger partial charge >= 0.3 is 0 Å². The van der Waals surface area contributed by atoms with E-state index in [-0.39, 0.29) is 0 Å². The van der Waals surface area contributed by atoms with Crippen LogP contribution in [-0.4, -0.2) is 15.4 Å². The number of rotatable bonds is 3. The Morgan fingerprint density at radius 3 is 3.22 bits per heavy atom. The van der Waals surface area contributed by atoms with Crippen LogP contribution in [0.2, 0.25) is 0 Å². The molecule has 18 heavy (non-hydrogen) atoms. The second-order valence-electron chi connectivity index (χ2n) is 4.49. The third-order valence-electron chi connectivity index (χ3n) is 2.99. The molecule has 0 amide bonds. The van der Waals surface area contributed by atoms with Crippen LogP contribution in [0, 0.1) is 6.92 Å². The molecular formula is C12H15N3OS2. The Morgan fingerprint density at radius 1 is 1.56 bits per heavy atom. The molecule has 0 aliphatic carbocycles. The van der Waals surface area contributed by atoms with Gasteiger partial charge in [-0.3, -0.25) is 0 Å². The number of nitrogens with one attached hydrogen (secondary N) is 1.